The number of rotatable bonds is 8. The lowest BCUT2D eigenvalue weighted by atomic mass is 9.97. The number of nitrogens with zero attached hydrogens (tertiary/aromatic N) is 1. The van der Waals surface area contributed by atoms with E-state index in [9.17, 15) is 8.78 Å². The molecule has 0 fully saturated rings. The van der Waals surface area contributed by atoms with Gasteiger partial charge >= 0.3 is 0 Å². The van der Waals surface area contributed by atoms with Gasteiger partial charge in [0.15, 0.2) is 17.4 Å². The van der Waals surface area contributed by atoms with Crippen molar-refractivity contribution in [2.75, 3.05) is 13.2 Å². The summed E-state index contributed by atoms with van der Waals surface area (Å²) in [5.74, 6) is -1.72. The van der Waals surface area contributed by atoms with Crippen LogP contribution in [0.25, 0.3) is 0 Å². The summed E-state index contributed by atoms with van der Waals surface area (Å²) < 4.78 is 31.7. The second kappa shape index (κ2) is 7.81. The second-order valence-corrected chi connectivity index (χ2v) is 4.83. The number of hydrogen-bond donors (Lipinski definition) is 1. The van der Waals surface area contributed by atoms with Crippen LogP contribution >= 0.6 is 0 Å². The van der Waals surface area contributed by atoms with Crippen LogP contribution in [0.3, 0.4) is 0 Å². The Morgan fingerprint density at radius 1 is 1.30 bits per heavy atom. The fourth-order valence-corrected chi connectivity index (χ4v) is 1.95. The molecule has 0 bridgehead atoms. The first kappa shape index (κ1) is 16.4. The molecule has 0 saturated heterocycles. The number of benzene rings is 1. The molecule has 1 aromatic rings. The van der Waals surface area contributed by atoms with Gasteiger partial charge in [0.2, 0.25) is 0 Å². The number of ether oxygens (including phenoxy) is 1. The van der Waals surface area contributed by atoms with E-state index in [0.29, 0.717) is 12.8 Å². The number of nitrogens with one attached hydrogen (secondary N) is 1. The monoisotopic (exact) mass is 282 g/mol. The first-order valence-corrected chi connectivity index (χ1v) is 6.75. The summed E-state index contributed by atoms with van der Waals surface area (Å²) in [6.07, 6.45) is 2.05. The van der Waals surface area contributed by atoms with Crippen LogP contribution < -0.4 is 10.1 Å². The highest BCUT2D eigenvalue weighted by molar-refractivity contribution is 5.25. The Kier molecular flexibility index (Phi) is 6.40. The van der Waals surface area contributed by atoms with Crippen molar-refractivity contribution in [3.8, 4) is 11.8 Å². The summed E-state index contributed by atoms with van der Waals surface area (Å²) in [5.41, 5.74) is -0.558. The quantitative estimate of drug-likeness (QED) is 0.743. The van der Waals surface area contributed by atoms with Crippen molar-refractivity contribution in [2.45, 2.75) is 38.6 Å². The molecule has 0 aliphatic carbocycles. The van der Waals surface area contributed by atoms with Gasteiger partial charge in [-0.25, -0.2) is 8.78 Å². The molecule has 0 aliphatic heterocycles. The minimum absolute atomic E-state index is 0.228. The zero-order valence-corrected chi connectivity index (χ0v) is 11.9. The summed E-state index contributed by atoms with van der Waals surface area (Å²) in [6, 6.07) is 5.86. The maximum absolute atomic E-state index is 13.3. The van der Waals surface area contributed by atoms with Crippen molar-refractivity contribution in [2.24, 2.45) is 0 Å². The average molecular weight is 282 g/mol. The van der Waals surface area contributed by atoms with E-state index in [1.165, 1.54) is 6.07 Å². The smallest absolute Gasteiger partial charge is 0.190 e. The second-order valence-electron chi connectivity index (χ2n) is 4.83. The number of halogens is 2. The molecule has 0 radical (unpaired) electrons. The molecule has 110 valence electrons. The summed E-state index contributed by atoms with van der Waals surface area (Å²) in [6.45, 7) is 4.74. The average Bonchev–Trinajstić information content (AvgIpc) is 2.41. The zero-order valence-electron chi connectivity index (χ0n) is 11.9. The first-order valence-electron chi connectivity index (χ1n) is 6.75. The van der Waals surface area contributed by atoms with Crippen LogP contribution in [-0.4, -0.2) is 18.7 Å². The molecule has 0 amide bonds. The molecule has 1 N–H and O–H groups in total. The van der Waals surface area contributed by atoms with Crippen LogP contribution in [0, 0.1) is 23.0 Å². The van der Waals surface area contributed by atoms with Crippen LogP contribution in [0.2, 0.25) is 0 Å². The Morgan fingerprint density at radius 2 is 1.95 bits per heavy atom. The highest BCUT2D eigenvalue weighted by Gasteiger charge is 2.21. The maximum Gasteiger partial charge on any atom is 0.190 e. The molecule has 0 heterocycles. The Morgan fingerprint density at radius 3 is 2.50 bits per heavy atom. The largest absolute Gasteiger partial charge is 0.488 e. The van der Waals surface area contributed by atoms with Gasteiger partial charge in [0.25, 0.3) is 0 Å². The maximum atomic E-state index is 13.3. The van der Waals surface area contributed by atoms with E-state index in [2.05, 4.69) is 11.4 Å². The van der Waals surface area contributed by atoms with E-state index in [-0.39, 0.29) is 12.4 Å². The van der Waals surface area contributed by atoms with Gasteiger partial charge in [-0.15, -0.1) is 0 Å². The van der Waals surface area contributed by atoms with E-state index in [1.807, 2.05) is 13.8 Å². The third-order valence-electron chi connectivity index (χ3n) is 3.05. The van der Waals surface area contributed by atoms with Gasteiger partial charge in [-0.2, -0.15) is 5.26 Å². The number of unbranched alkanes of at least 4 members (excludes halogenated alkanes) is 1. The SMILES string of the molecule is CCNC(C)(C#N)CCCCOc1c(F)cccc1F. The van der Waals surface area contributed by atoms with Crippen LogP contribution in [0.4, 0.5) is 8.78 Å². The van der Waals surface area contributed by atoms with Crippen molar-refractivity contribution in [3.05, 3.63) is 29.8 Å². The first-order chi connectivity index (χ1) is 9.52. The summed E-state index contributed by atoms with van der Waals surface area (Å²) in [4.78, 5) is 0. The minimum atomic E-state index is -0.695. The summed E-state index contributed by atoms with van der Waals surface area (Å²) >= 11 is 0. The molecule has 0 aromatic heterocycles. The predicted molar refractivity (Wildman–Crippen MR) is 73.4 cm³/mol. The molecule has 0 saturated carbocycles. The van der Waals surface area contributed by atoms with Gasteiger partial charge in [0.05, 0.1) is 12.7 Å². The Balaban J connectivity index is 2.34. The minimum Gasteiger partial charge on any atom is -0.488 e. The molecule has 1 atom stereocenters. The molecule has 5 heteroatoms. The Bertz CT molecular complexity index is 453. The van der Waals surface area contributed by atoms with Crippen LogP contribution in [0.15, 0.2) is 18.2 Å². The summed E-state index contributed by atoms with van der Waals surface area (Å²) in [5, 5.41) is 12.2. The van der Waals surface area contributed by atoms with Gasteiger partial charge in [-0.3, -0.25) is 5.32 Å². The van der Waals surface area contributed by atoms with Gasteiger partial charge in [-0.05, 0) is 44.9 Å². The molecule has 20 heavy (non-hydrogen) atoms. The highest BCUT2D eigenvalue weighted by atomic mass is 19.1. The normalized spacial score (nSPS) is 13.6. The van der Waals surface area contributed by atoms with Gasteiger partial charge < -0.3 is 4.74 Å². The van der Waals surface area contributed by atoms with E-state index < -0.39 is 17.2 Å². The molecule has 1 unspecified atom stereocenters. The van der Waals surface area contributed by atoms with E-state index in [1.54, 1.807) is 0 Å². The molecular formula is C15H20F2N2O. The zero-order chi connectivity index (χ0) is 15.0. The molecule has 1 rings (SSSR count). The van der Waals surface area contributed by atoms with Crippen molar-refractivity contribution >= 4 is 0 Å². The Hall–Kier alpha value is -1.67. The molecular weight excluding hydrogens is 262 g/mol. The van der Waals surface area contributed by atoms with Crippen molar-refractivity contribution < 1.29 is 13.5 Å². The fraction of sp³-hybridized carbons (Fsp3) is 0.533. The van der Waals surface area contributed by atoms with Crippen LogP contribution in [-0.2, 0) is 0 Å². The highest BCUT2D eigenvalue weighted by Crippen LogP contribution is 2.21. The van der Waals surface area contributed by atoms with E-state index >= 15 is 0 Å². The van der Waals surface area contributed by atoms with Gasteiger partial charge in [0.1, 0.15) is 5.54 Å². The lowest BCUT2D eigenvalue weighted by Crippen LogP contribution is -2.40. The number of nitriles is 1. The topological polar surface area (TPSA) is 45.0 Å². The number of para-hydroxylation sites is 1. The molecule has 0 spiro atoms. The van der Waals surface area contributed by atoms with E-state index in [0.717, 1.165) is 25.1 Å². The summed E-state index contributed by atoms with van der Waals surface area (Å²) in [7, 11) is 0. The van der Waals surface area contributed by atoms with Crippen molar-refractivity contribution in [3.63, 3.8) is 0 Å². The third-order valence-corrected chi connectivity index (χ3v) is 3.05. The van der Waals surface area contributed by atoms with Gasteiger partial charge in [0, 0.05) is 0 Å². The van der Waals surface area contributed by atoms with E-state index in [4.69, 9.17) is 10.00 Å². The third kappa shape index (κ3) is 4.78. The van der Waals surface area contributed by atoms with Crippen LogP contribution in [0.5, 0.6) is 5.75 Å². The Labute approximate surface area is 118 Å². The lowest BCUT2D eigenvalue weighted by molar-refractivity contribution is 0.270. The van der Waals surface area contributed by atoms with Crippen molar-refractivity contribution in [1.29, 1.82) is 5.26 Å². The number of hydrogen-bond acceptors (Lipinski definition) is 3. The molecule has 0 aliphatic rings. The molecule has 1 aromatic carbocycles. The fourth-order valence-electron chi connectivity index (χ4n) is 1.95. The lowest BCUT2D eigenvalue weighted by Gasteiger charge is -2.22. The predicted octanol–water partition coefficient (Wildman–Crippen LogP) is 3.41. The standard InChI is InChI=1S/C15H20F2N2O/c1-3-19-15(2,11-18)9-4-5-10-20-14-12(16)7-6-8-13(14)17/h6-8,19H,3-5,9-10H2,1-2H3. The van der Waals surface area contributed by atoms with Crippen LogP contribution in [0.1, 0.15) is 33.1 Å². The van der Waals surface area contributed by atoms with Crippen molar-refractivity contribution in [1.82, 2.24) is 5.32 Å². The van der Waals surface area contributed by atoms with Gasteiger partial charge in [-0.1, -0.05) is 13.0 Å². The molecule has 3 nitrogen and oxygen atoms in total.